The van der Waals surface area contributed by atoms with E-state index >= 15 is 0 Å². The highest BCUT2D eigenvalue weighted by atomic mass is 32.1. The van der Waals surface area contributed by atoms with Crippen molar-refractivity contribution in [3.05, 3.63) is 40.5 Å². The van der Waals surface area contributed by atoms with Crippen molar-refractivity contribution in [2.24, 2.45) is 0 Å². The summed E-state index contributed by atoms with van der Waals surface area (Å²) in [6.45, 7) is 6.95. The Labute approximate surface area is 153 Å². The van der Waals surface area contributed by atoms with Gasteiger partial charge in [0.25, 0.3) is 0 Å². The summed E-state index contributed by atoms with van der Waals surface area (Å²) in [6, 6.07) is 2.98. The minimum atomic E-state index is -1.02. The van der Waals surface area contributed by atoms with E-state index in [0.717, 1.165) is 11.3 Å². The van der Waals surface area contributed by atoms with Gasteiger partial charge >= 0.3 is 11.9 Å². The molecule has 0 aliphatic rings. The molecule has 0 aliphatic heterocycles. The molecule has 0 saturated carbocycles. The lowest BCUT2D eigenvalue weighted by Gasteiger charge is -2.18. The number of hydrogen-bond acceptors (Lipinski definition) is 6. The van der Waals surface area contributed by atoms with Gasteiger partial charge in [-0.15, -0.1) is 11.3 Å². The molecule has 0 saturated heterocycles. The van der Waals surface area contributed by atoms with E-state index in [9.17, 15) is 19.8 Å². The van der Waals surface area contributed by atoms with Crippen LogP contribution < -0.4 is 0 Å². The van der Waals surface area contributed by atoms with Gasteiger partial charge in [0.15, 0.2) is 4.88 Å². The molecule has 7 nitrogen and oxygen atoms in total. The number of nitrogens with zero attached hydrogens (tertiary/aromatic N) is 2. The van der Waals surface area contributed by atoms with Crippen molar-refractivity contribution in [3.8, 4) is 16.3 Å². The van der Waals surface area contributed by atoms with Crippen molar-refractivity contribution < 1.29 is 24.5 Å². The number of imidazole rings is 1. The SMILES string of the molecule is Cc1c(C(=O)O)ccn2c(-c3cc(O)c(C(=O)OC(C)(C)C)s3)cnc12. The van der Waals surface area contributed by atoms with Crippen molar-refractivity contribution in [2.75, 3.05) is 0 Å². The van der Waals surface area contributed by atoms with Gasteiger partial charge in [0.1, 0.15) is 17.0 Å². The van der Waals surface area contributed by atoms with E-state index in [1.807, 2.05) is 0 Å². The van der Waals surface area contributed by atoms with Crippen LogP contribution in [0, 0.1) is 6.92 Å². The second-order valence-electron chi connectivity index (χ2n) is 6.82. The molecule has 136 valence electrons. The first-order valence-corrected chi connectivity index (χ1v) is 8.66. The average molecular weight is 374 g/mol. The van der Waals surface area contributed by atoms with E-state index in [1.165, 1.54) is 12.1 Å². The zero-order valence-electron chi connectivity index (χ0n) is 14.7. The summed E-state index contributed by atoms with van der Waals surface area (Å²) in [7, 11) is 0. The Morgan fingerprint density at radius 2 is 2.00 bits per heavy atom. The predicted molar refractivity (Wildman–Crippen MR) is 97.0 cm³/mol. The van der Waals surface area contributed by atoms with Crippen LogP contribution in [-0.4, -0.2) is 37.1 Å². The number of aromatic hydroxyl groups is 1. The molecule has 0 amide bonds. The number of carbonyl (C=O) groups is 2. The van der Waals surface area contributed by atoms with Gasteiger partial charge < -0.3 is 14.9 Å². The molecule has 0 unspecified atom stereocenters. The van der Waals surface area contributed by atoms with Crippen LogP contribution in [0.1, 0.15) is 46.4 Å². The Hall–Kier alpha value is -2.87. The minimum Gasteiger partial charge on any atom is -0.506 e. The summed E-state index contributed by atoms with van der Waals surface area (Å²) in [6.07, 6.45) is 3.19. The van der Waals surface area contributed by atoms with Gasteiger partial charge in [-0.2, -0.15) is 0 Å². The number of pyridine rings is 1. The standard InChI is InChI=1S/C18H18N2O5S/c1-9-10(16(22)23)5-6-20-11(8-19-15(9)20)13-7-12(21)14(26-13)17(24)25-18(2,3)4/h5-8,21H,1-4H3,(H,22,23). The van der Waals surface area contributed by atoms with Crippen LogP contribution >= 0.6 is 11.3 Å². The average Bonchev–Trinajstić information content (AvgIpc) is 3.09. The maximum Gasteiger partial charge on any atom is 0.352 e. The summed E-state index contributed by atoms with van der Waals surface area (Å²) >= 11 is 1.10. The highest BCUT2D eigenvalue weighted by Crippen LogP contribution is 2.37. The summed E-state index contributed by atoms with van der Waals surface area (Å²) in [4.78, 5) is 28.5. The van der Waals surface area contributed by atoms with Crippen molar-refractivity contribution in [2.45, 2.75) is 33.3 Å². The van der Waals surface area contributed by atoms with Crippen molar-refractivity contribution in [1.82, 2.24) is 9.38 Å². The number of aromatic carboxylic acids is 1. The molecule has 3 heterocycles. The number of fused-ring (bicyclic) bond motifs is 1. The summed E-state index contributed by atoms with van der Waals surface area (Å²) in [5.74, 6) is -1.77. The van der Waals surface area contributed by atoms with Crippen molar-refractivity contribution >= 4 is 28.9 Å². The number of thiophene rings is 1. The van der Waals surface area contributed by atoms with E-state index in [2.05, 4.69) is 4.98 Å². The Morgan fingerprint density at radius 3 is 2.62 bits per heavy atom. The Balaban J connectivity index is 2.06. The monoisotopic (exact) mass is 374 g/mol. The number of carboxylic acids is 1. The molecule has 26 heavy (non-hydrogen) atoms. The van der Waals surface area contributed by atoms with Crippen LogP contribution in [0.3, 0.4) is 0 Å². The first-order valence-electron chi connectivity index (χ1n) is 7.85. The second-order valence-corrected chi connectivity index (χ2v) is 7.88. The first kappa shape index (κ1) is 17.9. The minimum absolute atomic E-state index is 0.115. The van der Waals surface area contributed by atoms with Gasteiger partial charge in [-0.1, -0.05) is 0 Å². The van der Waals surface area contributed by atoms with E-state index in [0.29, 0.717) is 21.8 Å². The topological polar surface area (TPSA) is 101 Å². The second kappa shape index (κ2) is 6.14. The van der Waals surface area contributed by atoms with E-state index in [1.54, 1.807) is 44.5 Å². The number of ether oxygens (including phenoxy) is 1. The van der Waals surface area contributed by atoms with Gasteiger partial charge in [-0.3, -0.25) is 4.40 Å². The molecule has 0 aromatic carbocycles. The third-order valence-electron chi connectivity index (χ3n) is 3.71. The lowest BCUT2D eigenvalue weighted by atomic mass is 10.1. The van der Waals surface area contributed by atoms with Gasteiger partial charge in [-0.25, -0.2) is 14.6 Å². The maximum atomic E-state index is 12.2. The number of esters is 1. The van der Waals surface area contributed by atoms with Crippen LogP contribution in [0.5, 0.6) is 5.75 Å². The largest absolute Gasteiger partial charge is 0.506 e. The summed E-state index contributed by atoms with van der Waals surface area (Å²) < 4.78 is 7.04. The molecule has 0 aliphatic carbocycles. The van der Waals surface area contributed by atoms with Crippen molar-refractivity contribution in [3.63, 3.8) is 0 Å². The Morgan fingerprint density at radius 1 is 1.31 bits per heavy atom. The molecule has 0 fully saturated rings. The van der Waals surface area contributed by atoms with Gasteiger partial charge in [0.05, 0.1) is 22.3 Å². The number of aromatic nitrogens is 2. The fraction of sp³-hybridized carbons (Fsp3) is 0.278. The number of aryl methyl sites for hydroxylation is 1. The molecule has 2 N–H and O–H groups in total. The number of rotatable bonds is 3. The lowest BCUT2D eigenvalue weighted by Crippen LogP contribution is -2.23. The highest BCUT2D eigenvalue weighted by Gasteiger charge is 2.24. The quantitative estimate of drug-likeness (QED) is 0.678. The highest BCUT2D eigenvalue weighted by molar-refractivity contribution is 7.17. The zero-order valence-corrected chi connectivity index (χ0v) is 15.5. The molecule has 3 aromatic rings. The third kappa shape index (κ3) is 3.15. The number of carbonyl (C=O) groups excluding carboxylic acids is 1. The molecule has 0 bridgehead atoms. The maximum absolute atomic E-state index is 12.2. The number of carboxylic acid groups (broad SMARTS) is 1. The van der Waals surface area contributed by atoms with Crippen LogP contribution in [0.4, 0.5) is 0 Å². The van der Waals surface area contributed by atoms with E-state index in [-0.39, 0.29) is 16.2 Å². The Kier molecular flexibility index (Phi) is 4.23. The number of hydrogen-bond donors (Lipinski definition) is 2. The normalized spacial score (nSPS) is 11.7. The van der Waals surface area contributed by atoms with Crippen LogP contribution in [0.2, 0.25) is 0 Å². The fourth-order valence-corrected chi connectivity index (χ4v) is 3.51. The van der Waals surface area contributed by atoms with Crippen LogP contribution in [0.15, 0.2) is 24.5 Å². The van der Waals surface area contributed by atoms with Gasteiger partial charge in [-0.05, 0) is 33.8 Å². The molecule has 3 rings (SSSR count). The molecule has 0 atom stereocenters. The van der Waals surface area contributed by atoms with Crippen LogP contribution in [0.25, 0.3) is 16.2 Å². The molecule has 0 radical (unpaired) electrons. The van der Waals surface area contributed by atoms with Gasteiger partial charge in [0, 0.05) is 17.8 Å². The van der Waals surface area contributed by atoms with E-state index < -0.39 is 17.5 Å². The smallest absolute Gasteiger partial charge is 0.352 e. The molecule has 0 spiro atoms. The van der Waals surface area contributed by atoms with Crippen LogP contribution in [-0.2, 0) is 4.74 Å². The molecule has 3 aromatic heterocycles. The lowest BCUT2D eigenvalue weighted by molar-refractivity contribution is 0.00726. The third-order valence-corrected chi connectivity index (χ3v) is 4.83. The van der Waals surface area contributed by atoms with Crippen molar-refractivity contribution in [1.29, 1.82) is 0 Å². The summed E-state index contributed by atoms with van der Waals surface area (Å²) in [5.41, 5.74) is 1.21. The van der Waals surface area contributed by atoms with Gasteiger partial charge in [0.2, 0.25) is 0 Å². The molecular formula is C18H18N2O5S. The summed E-state index contributed by atoms with van der Waals surface area (Å²) in [5, 5.41) is 19.4. The zero-order chi connectivity index (χ0) is 19.2. The first-order chi connectivity index (χ1) is 12.1. The molecule has 8 heteroatoms. The predicted octanol–water partition coefficient (Wildman–Crippen LogP) is 3.73. The Bertz CT molecular complexity index is 1030. The van der Waals surface area contributed by atoms with E-state index in [4.69, 9.17) is 4.74 Å². The molecular weight excluding hydrogens is 356 g/mol. The fourth-order valence-electron chi connectivity index (χ4n) is 2.58.